The minimum absolute atomic E-state index is 0.688. The van der Waals surface area contributed by atoms with Crippen molar-refractivity contribution < 1.29 is 0 Å². The number of rotatable bonds is 3. The molecule has 2 nitrogen and oxygen atoms in total. The van der Waals surface area contributed by atoms with Crippen LogP contribution in [0.1, 0.15) is 6.92 Å². The van der Waals surface area contributed by atoms with Crippen molar-refractivity contribution in [1.29, 1.82) is 0 Å². The first-order valence-corrected chi connectivity index (χ1v) is 6.80. The predicted octanol–water partition coefficient (Wildman–Crippen LogP) is 4.61. The molecule has 0 saturated heterocycles. The van der Waals surface area contributed by atoms with Gasteiger partial charge < -0.3 is 5.32 Å². The molecule has 0 spiro atoms. The SMILES string of the molecule is CCNc1nc(-c2cc(Cl)sc2Cl)cs1. The molecule has 0 bridgehead atoms. The first kappa shape index (κ1) is 11.2. The number of thiazole rings is 1. The highest BCUT2D eigenvalue weighted by Crippen LogP contribution is 2.38. The molecular formula is C9H8Cl2N2S2. The quantitative estimate of drug-likeness (QED) is 0.887. The van der Waals surface area contributed by atoms with Crippen molar-refractivity contribution in [3.05, 3.63) is 20.1 Å². The van der Waals surface area contributed by atoms with Crippen molar-refractivity contribution in [3.63, 3.8) is 0 Å². The second-order valence-electron chi connectivity index (χ2n) is 2.81. The van der Waals surface area contributed by atoms with Crippen molar-refractivity contribution in [2.45, 2.75) is 6.92 Å². The van der Waals surface area contributed by atoms with Crippen molar-refractivity contribution in [1.82, 2.24) is 4.98 Å². The summed E-state index contributed by atoms with van der Waals surface area (Å²) >= 11 is 14.9. The molecule has 0 aliphatic rings. The molecule has 2 aromatic heterocycles. The Kier molecular flexibility index (Phi) is 3.51. The van der Waals surface area contributed by atoms with Crippen LogP contribution in [0.15, 0.2) is 11.4 Å². The summed E-state index contributed by atoms with van der Waals surface area (Å²) in [5.74, 6) is 0. The van der Waals surface area contributed by atoms with Crippen LogP contribution in [0, 0.1) is 0 Å². The Labute approximate surface area is 106 Å². The van der Waals surface area contributed by atoms with Crippen LogP contribution in [-0.2, 0) is 0 Å². The molecule has 0 aliphatic carbocycles. The van der Waals surface area contributed by atoms with Gasteiger partial charge in [-0.15, -0.1) is 22.7 Å². The molecule has 15 heavy (non-hydrogen) atoms. The largest absolute Gasteiger partial charge is 0.362 e. The lowest BCUT2D eigenvalue weighted by atomic mass is 10.3. The first-order valence-electron chi connectivity index (χ1n) is 4.35. The van der Waals surface area contributed by atoms with Gasteiger partial charge in [0, 0.05) is 17.5 Å². The average molecular weight is 279 g/mol. The number of hydrogen-bond donors (Lipinski definition) is 1. The van der Waals surface area contributed by atoms with E-state index >= 15 is 0 Å². The van der Waals surface area contributed by atoms with Crippen molar-refractivity contribution in [3.8, 4) is 11.3 Å². The smallest absolute Gasteiger partial charge is 0.183 e. The summed E-state index contributed by atoms with van der Waals surface area (Å²) in [6.45, 7) is 2.90. The van der Waals surface area contributed by atoms with Gasteiger partial charge in [0.05, 0.1) is 10.0 Å². The Bertz CT molecular complexity index is 464. The van der Waals surface area contributed by atoms with E-state index in [1.807, 2.05) is 18.4 Å². The number of nitrogens with zero attached hydrogens (tertiary/aromatic N) is 1. The molecule has 2 heterocycles. The lowest BCUT2D eigenvalue weighted by Gasteiger charge is -1.94. The van der Waals surface area contributed by atoms with E-state index in [2.05, 4.69) is 10.3 Å². The summed E-state index contributed by atoms with van der Waals surface area (Å²) < 4.78 is 1.38. The topological polar surface area (TPSA) is 24.9 Å². The lowest BCUT2D eigenvalue weighted by molar-refractivity contribution is 1.19. The molecule has 0 saturated carbocycles. The predicted molar refractivity (Wildman–Crippen MR) is 69.6 cm³/mol. The van der Waals surface area contributed by atoms with E-state index in [0.717, 1.165) is 22.9 Å². The fraction of sp³-hybridized carbons (Fsp3) is 0.222. The Balaban J connectivity index is 2.32. The number of anilines is 1. The molecule has 0 radical (unpaired) electrons. The number of nitrogens with one attached hydrogen (secondary N) is 1. The minimum atomic E-state index is 0.688. The van der Waals surface area contributed by atoms with Gasteiger partial charge in [0.2, 0.25) is 0 Å². The lowest BCUT2D eigenvalue weighted by Crippen LogP contribution is -1.94. The molecule has 1 N–H and O–H groups in total. The van der Waals surface area contributed by atoms with Crippen LogP contribution in [0.2, 0.25) is 8.67 Å². The van der Waals surface area contributed by atoms with Gasteiger partial charge in [-0.05, 0) is 13.0 Å². The van der Waals surface area contributed by atoms with Gasteiger partial charge in [0.15, 0.2) is 5.13 Å². The Morgan fingerprint density at radius 3 is 2.87 bits per heavy atom. The van der Waals surface area contributed by atoms with Gasteiger partial charge in [0.1, 0.15) is 4.34 Å². The van der Waals surface area contributed by atoms with Crippen LogP contribution in [0.25, 0.3) is 11.3 Å². The van der Waals surface area contributed by atoms with Crippen LogP contribution in [-0.4, -0.2) is 11.5 Å². The van der Waals surface area contributed by atoms with Crippen LogP contribution >= 0.6 is 45.9 Å². The summed E-state index contributed by atoms with van der Waals surface area (Å²) in [5, 5.41) is 6.04. The maximum absolute atomic E-state index is 6.04. The Morgan fingerprint density at radius 2 is 2.27 bits per heavy atom. The molecule has 2 aromatic rings. The third-order valence-electron chi connectivity index (χ3n) is 1.76. The molecule has 80 valence electrons. The molecule has 2 rings (SSSR count). The van der Waals surface area contributed by atoms with Crippen molar-refractivity contribution >= 4 is 51.0 Å². The standard InChI is InChI=1S/C9H8Cl2N2S2/c1-2-12-9-13-6(4-14-9)5-3-7(10)15-8(5)11/h3-4H,2H2,1H3,(H,12,13). The van der Waals surface area contributed by atoms with Gasteiger partial charge in [-0.1, -0.05) is 23.2 Å². The van der Waals surface area contributed by atoms with Gasteiger partial charge in [-0.25, -0.2) is 4.98 Å². The number of aromatic nitrogens is 1. The number of halogens is 2. The van der Waals surface area contributed by atoms with E-state index in [9.17, 15) is 0 Å². The molecular weight excluding hydrogens is 271 g/mol. The zero-order chi connectivity index (χ0) is 10.8. The van der Waals surface area contributed by atoms with Crippen LogP contribution in [0.3, 0.4) is 0 Å². The fourth-order valence-electron chi connectivity index (χ4n) is 1.14. The molecule has 6 heteroatoms. The molecule has 0 unspecified atom stereocenters. The normalized spacial score (nSPS) is 10.6. The highest BCUT2D eigenvalue weighted by atomic mass is 35.5. The second-order valence-corrected chi connectivity index (χ2v) is 5.95. The fourth-order valence-corrected chi connectivity index (χ4v) is 3.41. The summed E-state index contributed by atoms with van der Waals surface area (Å²) in [4.78, 5) is 4.42. The molecule has 0 atom stereocenters. The molecule has 0 fully saturated rings. The third-order valence-corrected chi connectivity index (χ3v) is 4.05. The Hall–Kier alpha value is -0.290. The van der Waals surface area contributed by atoms with Crippen LogP contribution < -0.4 is 5.32 Å². The van der Waals surface area contributed by atoms with E-state index in [4.69, 9.17) is 23.2 Å². The maximum atomic E-state index is 6.04. The van der Waals surface area contributed by atoms with E-state index in [1.54, 1.807) is 11.3 Å². The summed E-state index contributed by atoms with van der Waals surface area (Å²) in [6.07, 6.45) is 0. The van der Waals surface area contributed by atoms with Crippen LogP contribution in [0.4, 0.5) is 5.13 Å². The third kappa shape index (κ3) is 2.45. The highest BCUT2D eigenvalue weighted by molar-refractivity contribution is 7.20. The number of hydrogen-bond acceptors (Lipinski definition) is 4. The monoisotopic (exact) mass is 278 g/mol. The van der Waals surface area contributed by atoms with Gasteiger partial charge >= 0.3 is 0 Å². The van der Waals surface area contributed by atoms with E-state index < -0.39 is 0 Å². The average Bonchev–Trinajstić information content (AvgIpc) is 2.73. The zero-order valence-electron chi connectivity index (χ0n) is 7.88. The zero-order valence-corrected chi connectivity index (χ0v) is 11.0. The second kappa shape index (κ2) is 4.70. The first-order chi connectivity index (χ1) is 7.20. The summed E-state index contributed by atoms with van der Waals surface area (Å²) in [5.41, 5.74) is 1.79. The highest BCUT2D eigenvalue weighted by Gasteiger charge is 2.11. The number of thiophene rings is 1. The Morgan fingerprint density at radius 1 is 1.47 bits per heavy atom. The molecule has 0 aromatic carbocycles. The van der Waals surface area contributed by atoms with Gasteiger partial charge in [0.25, 0.3) is 0 Å². The van der Waals surface area contributed by atoms with Crippen molar-refractivity contribution in [2.24, 2.45) is 0 Å². The minimum Gasteiger partial charge on any atom is -0.362 e. The maximum Gasteiger partial charge on any atom is 0.183 e. The van der Waals surface area contributed by atoms with Gasteiger partial charge in [-0.3, -0.25) is 0 Å². The van der Waals surface area contributed by atoms with Crippen LogP contribution in [0.5, 0.6) is 0 Å². The van der Waals surface area contributed by atoms with E-state index in [0.29, 0.717) is 8.67 Å². The molecule has 0 aliphatic heterocycles. The summed E-state index contributed by atoms with van der Waals surface area (Å²) in [6, 6.07) is 1.85. The molecule has 0 amide bonds. The van der Waals surface area contributed by atoms with Crippen molar-refractivity contribution in [2.75, 3.05) is 11.9 Å². The van der Waals surface area contributed by atoms with E-state index in [-0.39, 0.29) is 0 Å². The summed E-state index contributed by atoms with van der Waals surface area (Å²) in [7, 11) is 0. The van der Waals surface area contributed by atoms with Gasteiger partial charge in [-0.2, -0.15) is 0 Å². The van der Waals surface area contributed by atoms with E-state index in [1.165, 1.54) is 11.3 Å².